The van der Waals surface area contributed by atoms with Crippen molar-refractivity contribution in [3.8, 4) is 11.8 Å². The van der Waals surface area contributed by atoms with Crippen LogP contribution >= 0.6 is 0 Å². The van der Waals surface area contributed by atoms with E-state index in [1.54, 1.807) is 78.9 Å². The fraction of sp³-hybridized carbons (Fsp3) is 0.0800. The van der Waals surface area contributed by atoms with Crippen molar-refractivity contribution < 1.29 is 19.1 Å². The summed E-state index contributed by atoms with van der Waals surface area (Å²) in [7, 11) is 1.54. The normalized spacial score (nSPS) is 11.4. The van der Waals surface area contributed by atoms with Gasteiger partial charge < -0.3 is 14.8 Å². The zero-order chi connectivity index (χ0) is 22.1. The van der Waals surface area contributed by atoms with Crippen LogP contribution in [-0.4, -0.2) is 19.0 Å². The molecule has 0 saturated carbocycles. The molecule has 3 aromatic carbocycles. The Bertz CT molecular complexity index is 1120. The van der Waals surface area contributed by atoms with Crippen LogP contribution in [0.2, 0.25) is 0 Å². The Morgan fingerprint density at radius 3 is 2.42 bits per heavy atom. The Kier molecular flexibility index (Phi) is 7.17. The summed E-state index contributed by atoms with van der Waals surface area (Å²) in [6.45, 7) is 0. The number of methoxy groups -OCH3 is 1. The lowest BCUT2D eigenvalue weighted by atomic mass is 10.1. The lowest BCUT2D eigenvalue weighted by molar-refractivity contribution is -0.149. The van der Waals surface area contributed by atoms with Crippen molar-refractivity contribution in [3.63, 3.8) is 0 Å². The van der Waals surface area contributed by atoms with Gasteiger partial charge in [-0.15, -0.1) is 0 Å². The minimum atomic E-state index is -1.13. The molecule has 31 heavy (non-hydrogen) atoms. The first-order chi connectivity index (χ1) is 15.1. The Hall–Kier alpha value is -4.37. The number of hydrogen-bond acceptors (Lipinski definition) is 5. The van der Waals surface area contributed by atoms with E-state index >= 15 is 0 Å². The third-order valence-electron chi connectivity index (χ3n) is 4.36. The number of ether oxygens (including phenoxy) is 2. The quantitative estimate of drug-likeness (QED) is 0.456. The van der Waals surface area contributed by atoms with E-state index < -0.39 is 18.0 Å². The van der Waals surface area contributed by atoms with Gasteiger partial charge in [-0.25, -0.2) is 4.79 Å². The van der Waals surface area contributed by atoms with Crippen LogP contribution in [0.3, 0.4) is 0 Å². The van der Waals surface area contributed by atoms with Gasteiger partial charge in [0.25, 0.3) is 5.91 Å². The number of anilines is 1. The summed E-state index contributed by atoms with van der Waals surface area (Å²) in [4.78, 5) is 25.3. The summed E-state index contributed by atoms with van der Waals surface area (Å²) in [6, 6.07) is 24.4. The molecule has 0 aliphatic rings. The lowest BCUT2D eigenvalue weighted by Crippen LogP contribution is -2.25. The van der Waals surface area contributed by atoms with E-state index in [1.807, 2.05) is 12.1 Å². The molecule has 3 rings (SSSR count). The number of nitrogens with zero attached hydrogens (tertiary/aromatic N) is 1. The molecule has 0 saturated heterocycles. The van der Waals surface area contributed by atoms with Gasteiger partial charge in [0.2, 0.25) is 6.10 Å². The van der Waals surface area contributed by atoms with Gasteiger partial charge in [0, 0.05) is 23.4 Å². The van der Waals surface area contributed by atoms with Crippen LogP contribution in [0, 0.1) is 11.3 Å². The highest BCUT2D eigenvalue weighted by Crippen LogP contribution is 2.22. The molecule has 0 fully saturated rings. The third-order valence-corrected chi connectivity index (χ3v) is 4.36. The molecular weight excluding hydrogens is 392 g/mol. The molecule has 6 nitrogen and oxygen atoms in total. The van der Waals surface area contributed by atoms with Gasteiger partial charge in [-0.3, -0.25) is 4.79 Å². The summed E-state index contributed by atoms with van der Waals surface area (Å²) in [6.07, 6.45) is 1.67. The van der Waals surface area contributed by atoms with Gasteiger partial charge in [0.1, 0.15) is 5.75 Å². The smallest absolute Gasteiger partial charge is 0.331 e. The van der Waals surface area contributed by atoms with Crippen LogP contribution in [-0.2, 0) is 14.3 Å². The average molecular weight is 412 g/mol. The van der Waals surface area contributed by atoms with E-state index in [4.69, 9.17) is 14.7 Å². The van der Waals surface area contributed by atoms with E-state index in [1.165, 1.54) is 13.2 Å². The van der Waals surface area contributed by atoms with E-state index in [0.717, 1.165) is 5.56 Å². The van der Waals surface area contributed by atoms with Gasteiger partial charge in [-0.2, -0.15) is 5.26 Å². The number of benzene rings is 3. The topological polar surface area (TPSA) is 88.4 Å². The molecule has 3 aromatic rings. The van der Waals surface area contributed by atoms with Gasteiger partial charge in [-0.1, -0.05) is 48.5 Å². The summed E-state index contributed by atoms with van der Waals surface area (Å²) >= 11 is 0. The predicted molar refractivity (Wildman–Crippen MR) is 117 cm³/mol. The molecule has 1 amide bonds. The molecule has 154 valence electrons. The molecule has 0 spiro atoms. The second kappa shape index (κ2) is 10.4. The molecule has 1 atom stereocenters. The first-order valence-corrected chi connectivity index (χ1v) is 9.48. The SMILES string of the molecule is COc1cccc(NC(=O)[C@H](OC(=O)/C=C/c2ccc(C#N)cc2)c2ccccc2)c1. The van der Waals surface area contributed by atoms with Crippen LogP contribution in [0.4, 0.5) is 5.69 Å². The maximum atomic E-state index is 12.9. The van der Waals surface area contributed by atoms with Crippen LogP contribution in [0.5, 0.6) is 5.75 Å². The van der Waals surface area contributed by atoms with Crippen molar-refractivity contribution in [2.24, 2.45) is 0 Å². The average Bonchev–Trinajstić information content (AvgIpc) is 2.82. The maximum absolute atomic E-state index is 12.9. The summed E-state index contributed by atoms with van der Waals surface area (Å²) in [5.41, 5.74) is 2.32. The Morgan fingerprint density at radius 1 is 1.00 bits per heavy atom. The van der Waals surface area contributed by atoms with Crippen molar-refractivity contribution in [1.82, 2.24) is 0 Å². The van der Waals surface area contributed by atoms with Crippen molar-refractivity contribution in [3.05, 3.63) is 102 Å². The van der Waals surface area contributed by atoms with Crippen molar-refractivity contribution in [1.29, 1.82) is 5.26 Å². The highest BCUT2D eigenvalue weighted by molar-refractivity contribution is 5.97. The summed E-state index contributed by atoms with van der Waals surface area (Å²) in [5, 5.41) is 11.6. The summed E-state index contributed by atoms with van der Waals surface area (Å²) in [5.74, 6) is -0.560. The van der Waals surface area contributed by atoms with Crippen molar-refractivity contribution >= 4 is 23.6 Å². The Morgan fingerprint density at radius 2 is 1.74 bits per heavy atom. The largest absolute Gasteiger partial charge is 0.497 e. The zero-order valence-corrected chi connectivity index (χ0v) is 16.8. The fourth-order valence-corrected chi connectivity index (χ4v) is 2.80. The van der Waals surface area contributed by atoms with Crippen LogP contribution in [0.1, 0.15) is 22.8 Å². The monoisotopic (exact) mass is 412 g/mol. The number of hydrogen-bond donors (Lipinski definition) is 1. The molecule has 0 heterocycles. The van der Waals surface area contributed by atoms with Gasteiger partial charge >= 0.3 is 5.97 Å². The number of nitriles is 1. The number of nitrogens with one attached hydrogen (secondary N) is 1. The second-order valence-electron chi connectivity index (χ2n) is 6.52. The van der Waals surface area contributed by atoms with Crippen LogP contribution in [0.15, 0.2) is 84.9 Å². The maximum Gasteiger partial charge on any atom is 0.331 e. The summed E-state index contributed by atoms with van der Waals surface area (Å²) < 4.78 is 10.6. The number of rotatable bonds is 7. The van der Waals surface area contributed by atoms with Crippen LogP contribution < -0.4 is 10.1 Å². The van der Waals surface area contributed by atoms with Gasteiger partial charge in [0.05, 0.1) is 18.7 Å². The van der Waals surface area contributed by atoms with Crippen molar-refractivity contribution in [2.75, 3.05) is 12.4 Å². The van der Waals surface area contributed by atoms with E-state index in [0.29, 0.717) is 22.6 Å². The predicted octanol–water partition coefficient (Wildman–Crippen LogP) is 4.50. The number of carbonyl (C=O) groups is 2. The molecule has 0 bridgehead atoms. The molecule has 0 aliphatic heterocycles. The number of carbonyl (C=O) groups excluding carboxylic acids is 2. The van der Waals surface area contributed by atoms with Crippen molar-refractivity contribution in [2.45, 2.75) is 6.10 Å². The minimum absolute atomic E-state index is 0.487. The molecule has 1 N–H and O–H groups in total. The highest BCUT2D eigenvalue weighted by atomic mass is 16.5. The second-order valence-corrected chi connectivity index (χ2v) is 6.52. The highest BCUT2D eigenvalue weighted by Gasteiger charge is 2.24. The van der Waals surface area contributed by atoms with Gasteiger partial charge in [-0.05, 0) is 35.9 Å². The first-order valence-electron chi connectivity index (χ1n) is 9.48. The Labute approximate surface area is 180 Å². The lowest BCUT2D eigenvalue weighted by Gasteiger charge is -2.17. The zero-order valence-electron chi connectivity index (χ0n) is 16.8. The molecular formula is C25H20N2O4. The standard InChI is InChI=1S/C25H20N2O4/c1-30-22-9-5-8-21(16-22)27-25(29)24(20-6-3-2-4-7-20)31-23(28)15-14-18-10-12-19(17-26)13-11-18/h2-16,24H,1H3,(H,27,29)/b15-14+/t24-/m1/s1. The molecule has 0 radical (unpaired) electrons. The van der Waals surface area contributed by atoms with Gasteiger partial charge in [0.15, 0.2) is 0 Å². The minimum Gasteiger partial charge on any atom is -0.497 e. The van der Waals surface area contributed by atoms with Crippen LogP contribution in [0.25, 0.3) is 6.08 Å². The van der Waals surface area contributed by atoms with E-state index in [2.05, 4.69) is 5.32 Å². The molecule has 0 aromatic heterocycles. The molecule has 0 aliphatic carbocycles. The third kappa shape index (κ3) is 6.05. The van der Waals surface area contributed by atoms with E-state index in [9.17, 15) is 9.59 Å². The number of esters is 1. The first kappa shape index (κ1) is 21.3. The van der Waals surface area contributed by atoms with E-state index in [-0.39, 0.29) is 0 Å². The number of amides is 1. The molecule has 0 unspecified atom stereocenters. The Balaban J connectivity index is 1.75. The fourth-order valence-electron chi connectivity index (χ4n) is 2.80. The molecule has 6 heteroatoms.